The summed E-state index contributed by atoms with van der Waals surface area (Å²) in [5.41, 5.74) is 8.09. The minimum Gasteiger partial charge on any atom is -0.379 e. The SMILES string of the molecule is CCCCCOCCOCCOCCOCCCCN=[N+]=[N-]. The zero-order chi connectivity index (χ0) is 16.1. The third-order valence-corrected chi connectivity index (χ3v) is 2.87. The average molecular weight is 317 g/mol. The van der Waals surface area contributed by atoms with E-state index in [2.05, 4.69) is 16.9 Å². The summed E-state index contributed by atoms with van der Waals surface area (Å²) in [7, 11) is 0. The van der Waals surface area contributed by atoms with Crippen LogP contribution < -0.4 is 0 Å². The predicted octanol–water partition coefficient (Wildman–Crippen LogP) is 3.33. The molecule has 22 heavy (non-hydrogen) atoms. The van der Waals surface area contributed by atoms with E-state index in [0.29, 0.717) is 52.8 Å². The Labute approximate surface area is 133 Å². The van der Waals surface area contributed by atoms with Gasteiger partial charge in [-0.15, -0.1) is 0 Å². The molecule has 0 radical (unpaired) electrons. The van der Waals surface area contributed by atoms with Gasteiger partial charge in [-0.05, 0) is 24.8 Å². The molecular formula is C15H31N3O4. The number of hydrogen-bond acceptors (Lipinski definition) is 5. The second-order valence-electron chi connectivity index (χ2n) is 4.82. The molecule has 0 bridgehead atoms. The molecule has 7 heteroatoms. The molecule has 0 aliphatic rings. The maximum Gasteiger partial charge on any atom is 0.0701 e. The van der Waals surface area contributed by atoms with E-state index in [1.807, 2.05) is 0 Å². The molecule has 0 amide bonds. The van der Waals surface area contributed by atoms with Gasteiger partial charge in [0.2, 0.25) is 0 Å². The van der Waals surface area contributed by atoms with Crippen molar-refractivity contribution in [1.29, 1.82) is 0 Å². The van der Waals surface area contributed by atoms with Crippen LogP contribution >= 0.6 is 0 Å². The lowest BCUT2D eigenvalue weighted by Crippen LogP contribution is -2.12. The molecule has 0 N–H and O–H groups in total. The maximum atomic E-state index is 8.09. The van der Waals surface area contributed by atoms with Crippen LogP contribution in [0.4, 0.5) is 0 Å². The summed E-state index contributed by atoms with van der Waals surface area (Å²) >= 11 is 0. The van der Waals surface area contributed by atoms with Crippen molar-refractivity contribution in [2.45, 2.75) is 39.0 Å². The van der Waals surface area contributed by atoms with Crippen molar-refractivity contribution in [3.63, 3.8) is 0 Å². The van der Waals surface area contributed by atoms with Crippen molar-refractivity contribution in [2.75, 3.05) is 59.4 Å². The molecule has 0 saturated carbocycles. The Balaban J connectivity index is 2.95. The molecule has 0 atom stereocenters. The minimum absolute atomic E-state index is 0.538. The number of ether oxygens (including phenoxy) is 4. The van der Waals surface area contributed by atoms with Crippen LogP contribution in [0.2, 0.25) is 0 Å². The fraction of sp³-hybridized carbons (Fsp3) is 1.00. The summed E-state index contributed by atoms with van der Waals surface area (Å²) < 4.78 is 21.6. The predicted molar refractivity (Wildman–Crippen MR) is 86.0 cm³/mol. The van der Waals surface area contributed by atoms with Crippen molar-refractivity contribution in [3.05, 3.63) is 10.4 Å². The first kappa shape index (κ1) is 21.1. The third-order valence-electron chi connectivity index (χ3n) is 2.87. The molecule has 0 aliphatic carbocycles. The van der Waals surface area contributed by atoms with Crippen molar-refractivity contribution in [1.82, 2.24) is 0 Å². The van der Waals surface area contributed by atoms with E-state index in [1.165, 1.54) is 12.8 Å². The molecule has 0 saturated heterocycles. The summed E-state index contributed by atoms with van der Waals surface area (Å²) in [5.74, 6) is 0. The van der Waals surface area contributed by atoms with Gasteiger partial charge in [-0.2, -0.15) is 0 Å². The number of hydrogen-bond donors (Lipinski definition) is 0. The Morgan fingerprint density at radius 1 is 0.682 bits per heavy atom. The highest BCUT2D eigenvalue weighted by Gasteiger charge is 1.93. The summed E-state index contributed by atoms with van der Waals surface area (Å²) in [6.45, 7) is 7.83. The lowest BCUT2D eigenvalue weighted by molar-refractivity contribution is -0.00239. The molecule has 0 aromatic rings. The van der Waals surface area contributed by atoms with Gasteiger partial charge in [0, 0.05) is 24.7 Å². The topological polar surface area (TPSA) is 85.7 Å². The standard InChI is InChI=1S/C15H31N3O4/c1-2-3-5-8-19-10-12-21-14-15-22-13-11-20-9-6-4-7-17-18-16/h2-15H2,1H3. The van der Waals surface area contributed by atoms with E-state index in [0.717, 1.165) is 25.9 Å². The van der Waals surface area contributed by atoms with Crippen molar-refractivity contribution in [2.24, 2.45) is 5.11 Å². The molecule has 0 fully saturated rings. The smallest absolute Gasteiger partial charge is 0.0701 e. The van der Waals surface area contributed by atoms with Crippen LogP contribution in [0.25, 0.3) is 10.4 Å². The third kappa shape index (κ3) is 19.1. The van der Waals surface area contributed by atoms with Gasteiger partial charge in [0.15, 0.2) is 0 Å². The second-order valence-corrected chi connectivity index (χ2v) is 4.82. The normalized spacial score (nSPS) is 10.6. The van der Waals surface area contributed by atoms with E-state index in [-0.39, 0.29) is 0 Å². The van der Waals surface area contributed by atoms with Crippen LogP contribution in [-0.4, -0.2) is 59.4 Å². The highest BCUT2D eigenvalue weighted by molar-refractivity contribution is 4.47. The quantitative estimate of drug-likeness (QED) is 0.168. The lowest BCUT2D eigenvalue weighted by Gasteiger charge is -2.07. The van der Waals surface area contributed by atoms with E-state index in [1.54, 1.807) is 0 Å². The first-order valence-corrected chi connectivity index (χ1v) is 8.23. The Bertz CT molecular complexity index is 261. The van der Waals surface area contributed by atoms with Crippen LogP contribution in [0.3, 0.4) is 0 Å². The fourth-order valence-corrected chi connectivity index (χ4v) is 1.65. The molecule has 0 aliphatic heterocycles. The van der Waals surface area contributed by atoms with Crippen LogP contribution in [0, 0.1) is 0 Å². The Kier molecular flexibility index (Phi) is 19.4. The second kappa shape index (κ2) is 20.1. The van der Waals surface area contributed by atoms with E-state index >= 15 is 0 Å². The lowest BCUT2D eigenvalue weighted by atomic mass is 10.3. The molecule has 7 nitrogen and oxygen atoms in total. The number of rotatable bonds is 18. The van der Waals surface area contributed by atoms with E-state index in [9.17, 15) is 0 Å². The Hall–Kier alpha value is -0.850. The van der Waals surface area contributed by atoms with Gasteiger partial charge < -0.3 is 18.9 Å². The summed E-state index contributed by atoms with van der Waals surface area (Å²) in [6.07, 6.45) is 5.34. The van der Waals surface area contributed by atoms with Gasteiger partial charge in [0.05, 0.1) is 39.6 Å². The van der Waals surface area contributed by atoms with Gasteiger partial charge in [0.1, 0.15) is 0 Å². The maximum absolute atomic E-state index is 8.09. The zero-order valence-corrected chi connectivity index (χ0v) is 13.9. The average Bonchev–Trinajstić information content (AvgIpc) is 2.54. The summed E-state index contributed by atoms with van der Waals surface area (Å²) in [5, 5.41) is 3.46. The monoisotopic (exact) mass is 317 g/mol. The van der Waals surface area contributed by atoms with Gasteiger partial charge >= 0.3 is 0 Å². The molecule has 130 valence electrons. The number of unbranched alkanes of at least 4 members (excludes halogenated alkanes) is 3. The first-order valence-electron chi connectivity index (χ1n) is 8.23. The van der Waals surface area contributed by atoms with Gasteiger partial charge in [-0.25, -0.2) is 0 Å². The highest BCUT2D eigenvalue weighted by atomic mass is 16.6. The van der Waals surface area contributed by atoms with Crippen LogP contribution in [0.15, 0.2) is 5.11 Å². The number of azide groups is 1. The molecule has 0 aromatic carbocycles. The summed E-state index contributed by atoms with van der Waals surface area (Å²) in [4.78, 5) is 2.69. The first-order chi connectivity index (χ1) is 10.9. The van der Waals surface area contributed by atoms with Crippen LogP contribution in [0.5, 0.6) is 0 Å². The zero-order valence-electron chi connectivity index (χ0n) is 13.9. The molecule has 0 aromatic heterocycles. The Morgan fingerprint density at radius 3 is 1.59 bits per heavy atom. The van der Waals surface area contributed by atoms with Gasteiger partial charge in [-0.1, -0.05) is 24.9 Å². The molecule has 0 heterocycles. The summed E-state index contributed by atoms with van der Waals surface area (Å²) in [6, 6.07) is 0. The molecular weight excluding hydrogens is 286 g/mol. The van der Waals surface area contributed by atoms with Crippen molar-refractivity contribution in [3.8, 4) is 0 Å². The fourth-order valence-electron chi connectivity index (χ4n) is 1.65. The molecule has 0 unspecified atom stereocenters. The van der Waals surface area contributed by atoms with E-state index in [4.69, 9.17) is 24.5 Å². The van der Waals surface area contributed by atoms with Crippen molar-refractivity contribution >= 4 is 0 Å². The number of nitrogens with zero attached hydrogens (tertiary/aromatic N) is 3. The van der Waals surface area contributed by atoms with E-state index < -0.39 is 0 Å². The van der Waals surface area contributed by atoms with Crippen molar-refractivity contribution < 1.29 is 18.9 Å². The van der Waals surface area contributed by atoms with Gasteiger partial charge in [0.25, 0.3) is 0 Å². The molecule has 0 spiro atoms. The minimum atomic E-state index is 0.538. The highest BCUT2D eigenvalue weighted by Crippen LogP contribution is 1.94. The van der Waals surface area contributed by atoms with Crippen LogP contribution in [-0.2, 0) is 18.9 Å². The Morgan fingerprint density at radius 2 is 1.14 bits per heavy atom. The van der Waals surface area contributed by atoms with Crippen LogP contribution in [0.1, 0.15) is 39.0 Å². The van der Waals surface area contributed by atoms with Gasteiger partial charge in [-0.3, -0.25) is 0 Å². The largest absolute Gasteiger partial charge is 0.379 e. The molecule has 0 rings (SSSR count).